The van der Waals surface area contributed by atoms with Gasteiger partial charge in [-0.25, -0.2) is 15.0 Å². The van der Waals surface area contributed by atoms with Crippen LogP contribution in [-0.4, -0.2) is 19.5 Å². The first-order valence-corrected chi connectivity index (χ1v) is 20.9. The van der Waals surface area contributed by atoms with Gasteiger partial charge in [-0.1, -0.05) is 158 Å². The standard InChI is InChI=1S/C57H34N4O/c1-3-11-35(12-4-1)36-19-21-40(22-20-36)56-58-55(39-14-5-2-6-15-39)59-57(60-56)43-26-29-51-49(32-43)53-47-34-44(27-23-38(47)25-30-52(53)62-51)61-50-33-42-17-8-7-16-41(42)31-48(50)46-28-24-37-13-9-10-18-45(37)54(46)61/h1-34H. The van der Waals surface area contributed by atoms with Crippen molar-refractivity contribution in [3.05, 3.63) is 206 Å². The molecule has 13 aromatic rings. The molecular weight excluding hydrogens is 757 g/mol. The Labute approximate surface area is 355 Å². The maximum absolute atomic E-state index is 6.60. The van der Waals surface area contributed by atoms with E-state index in [4.69, 9.17) is 19.4 Å². The predicted octanol–water partition coefficient (Wildman–Crippen LogP) is 15.0. The SMILES string of the molecule is c1ccc(-c2ccc(-c3nc(-c4ccccc4)nc(-c4ccc5oc6ccc7ccc(-n8c9cc%10ccccc%10cc9c9ccc%10ccccc%10c98)cc7c6c5c4)n3)cc2)cc1. The van der Waals surface area contributed by atoms with E-state index in [1.165, 1.54) is 43.4 Å². The van der Waals surface area contributed by atoms with Gasteiger partial charge in [0.15, 0.2) is 17.5 Å². The Kier molecular flexibility index (Phi) is 7.54. The topological polar surface area (TPSA) is 56.7 Å². The Hall–Kier alpha value is -8.41. The minimum Gasteiger partial charge on any atom is -0.456 e. The molecule has 0 saturated heterocycles. The summed E-state index contributed by atoms with van der Waals surface area (Å²) in [6, 6.07) is 72.9. The van der Waals surface area contributed by atoms with E-state index in [0.717, 1.165) is 66.2 Å². The van der Waals surface area contributed by atoms with Crippen molar-refractivity contribution in [2.24, 2.45) is 0 Å². The van der Waals surface area contributed by atoms with Crippen molar-refractivity contribution in [3.63, 3.8) is 0 Å². The van der Waals surface area contributed by atoms with Crippen molar-refractivity contribution in [2.45, 2.75) is 0 Å². The Morgan fingerprint density at radius 1 is 0.323 bits per heavy atom. The average Bonchev–Trinajstić information content (AvgIpc) is 3.89. The van der Waals surface area contributed by atoms with Crippen LogP contribution in [0.4, 0.5) is 0 Å². The highest BCUT2D eigenvalue weighted by molar-refractivity contribution is 6.22. The zero-order valence-electron chi connectivity index (χ0n) is 33.3. The van der Waals surface area contributed by atoms with Gasteiger partial charge >= 0.3 is 0 Å². The van der Waals surface area contributed by atoms with Crippen LogP contribution in [0.25, 0.3) is 127 Å². The number of hydrogen-bond acceptors (Lipinski definition) is 4. The molecule has 0 saturated carbocycles. The van der Waals surface area contributed by atoms with E-state index < -0.39 is 0 Å². The summed E-state index contributed by atoms with van der Waals surface area (Å²) in [5.74, 6) is 1.84. The van der Waals surface area contributed by atoms with Crippen LogP contribution in [0.1, 0.15) is 0 Å². The molecule has 5 heteroatoms. The van der Waals surface area contributed by atoms with E-state index in [1.807, 2.05) is 42.5 Å². The minimum atomic E-state index is 0.600. The van der Waals surface area contributed by atoms with Crippen LogP contribution >= 0.6 is 0 Å². The van der Waals surface area contributed by atoms with Gasteiger partial charge in [0.2, 0.25) is 0 Å². The van der Waals surface area contributed by atoms with E-state index in [-0.39, 0.29) is 0 Å². The summed E-state index contributed by atoms with van der Waals surface area (Å²) in [6.45, 7) is 0. The number of hydrogen-bond donors (Lipinski definition) is 0. The van der Waals surface area contributed by atoms with Crippen LogP contribution < -0.4 is 0 Å². The van der Waals surface area contributed by atoms with Crippen LogP contribution in [-0.2, 0) is 0 Å². The maximum atomic E-state index is 6.60. The molecule has 0 aliphatic carbocycles. The fraction of sp³-hybridized carbons (Fsp3) is 0. The molecule has 0 aliphatic heterocycles. The smallest absolute Gasteiger partial charge is 0.164 e. The lowest BCUT2D eigenvalue weighted by Gasteiger charge is -2.12. The van der Waals surface area contributed by atoms with Gasteiger partial charge in [-0.15, -0.1) is 0 Å². The molecule has 0 fully saturated rings. The number of rotatable bonds is 5. The third-order valence-electron chi connectivity index (χ3n) is 12.4. The van der Waals surface area contributed by atoms with Crippen molar-refractivity contribution in [3.8, 4) is 51.0 Å². The molecular formula is C57H34N4O. The summed E-state index contributed by atoms with van der Waals surface area (Å²) in [4.78, 5) is 15.2. The van der Waals surface area contributed by atoms with Gasteiger partial charge in [-0.2, -0.15) is 0 Å². The van der Waals surface area contributed by atoms with E-state index in [9.17, 15) is 0 Å². The maximum Gasteiger partial charge on any atom is 0.164 e. The van der Waals surface area contributed by atoms with Gasteiger partial charge in [0.1, 0.15) is 11.2 Å². The second-order valence-corrected chi connectivity index (χ2v) is 16.0. The number of nitrogens with zero attached hydrogens (tertiary/aromatic N) is 4. The average molecular weight is 791 g/mol. The van der Waals surface area contributed by atoms with Gasteiger partial charge in [-0.05, 0) is 86.6 Å². The molecule has 0 atom stereocenters. The Morgan fingerprint density at radius 2 is 0.871 bits per heavy atom. The lowest BCUT2D eigenvalue weighted by molar-refractivity contribution is 0.669. The molecule has 288 valence electrons. The number of furan rings is 1. The van der Waals surface area contributed by atoms with Crippen molar-refractivity contribution >= 4 is 76.1 Å². The van der Waals surface area contributed by atoms with Crippen LogP contribution in [0.3, 0.4) is 0 Å². The van der Waals surface area contributed by atoms with Gasteiger partial charge in [0, 0.05) is 49.3 Å². The number of aromatic nitrogens is 4. The number of fused-ring (bicyclic) bond motifs is 11. The van der Waals surface area contributed by atoms with Crippen molar-refractivity contribution in [1.82, 2.24) is 19.5 Å². The predicted molar refractivity (Wildman–Crippen MR) is 256 cm³/mol. The van der Waals surface area contributed by atoms with Crippen molar-refractivity contribution in [1.29, 1.82) is 0 Å². The molecule has 0 unspecified atom stereocenters. The molecule has 3 heterocycles. The third-order valence-corrected chi connectivity index (χ3v) is 12.4. The molecule has 0 radical (unpaired) electrons. The van der Waals surface area contributed by atoms with Gasteiger partial charge in [-0.3, -0.25) is 0 Å². The van der Waals surface area contributed by atoms with Crippen LogP contribution in [0.15, 0.2) is 211 Å². The fourth-order valence-electron chi connectivity index (χ4n) is 9.39. The summed E-state index contributed by atoms with van der Waals surface area (Å²) < 4.78 is 9.06. The number of benzene rings is 10. The van der Waals surface area contributed by atoms with Crippen molar-refractivity contribution < 1.29 is 4.42 Å². The monoisotopic (exact) mass is 790 g/mol. The summed E-state index contributed by atoms with van der Waals surface area (Å²) >= 11 is 0. The molecule has 0 amide bonds. The highest BCUT2D eigenvalue weighted by atomic mass is 16.3. The van der Waals surface area contributed by atoms with E-state index >= 15 is 0 Å². The first kappa shape index (κ1) is 34.5. The lowest BCUT2D eigenvalue weighted by Crippen LogP contribution is -2.00. The largest absolute Gasteiger partial charge is 0.456 e. The molecule has 5 nitrogen and oxygen atoms in total. The first-order valence-electron chi connectivity index (χ1n) is 20.9. The van der Waals surface area contributed by atoms with Gasteiger partial charge < -0.3 is 8.98 Å². The summed E-state index contributed by atoms with van der Waals surface area (Å²) in [7, 11) is 0. The zero-order valence-corrected chi connectivity index (χ0v) is 33.3. The quantitative estimate of drug-likeness (QED) is 0.174. The van der Waals surface area contributed by atoms with Gasteiger partial charge in [0.25, 0.3) is 0 Å². The van der Waals surface area contributed by atoms with E-state index in [0.29, 0.717) is 17.5 Å². The highest BCUT2D eigenvalue weighted by Crippen LogP contribution is 2.42. The molecule has 3 aromatic heterocycles. The second kappa shape index (κ2) is 13.6. The van der Waals surface area contributed by atoms with Gasteiger partial charge in [0.05, 0.1) is 11.0 Å². The minimum absolute atomic E-state index is 0.600. The molecule has 62 heavy (non-hydrogen) atoms. The molecule has 0 spiro atoms. The Morgan fingerprint density at radius 3 is 1.65 bits per heavy atom. The highest BCUT2D eigenvalue weighted by Gasteiger charge is 2.19. The first-order chi connectivity index (χ1) is 30.7. The third kappa shape index (κ3) is 5.45. The van der Waals surface area contributed by atoms with Crippen LogP contribution in [0.2, 0.25) is 0 Å². The zero-order chi connectivity index (χ0) is 40.7. The fourth-order valence-corrected chi connectivity index (χ4v) is 9.39. The van der Waals surface area contributed by atoms with Crippen molar-refractivity contribution in [2.75, 3.05) is 0 Å². The summed E-state index contributed by atoms with van der Waals surface area (Å²) in [6.07, 6.45) is 0. The second-order valence-electron chi connectivity index (χ2n) is 16.0. The molecule has 0 bridgehead atoms. The normalized spacial score (nSPS) is 11.9. The molecule has 0 aliphatic rings. The van der Waals surface area contributed by atoms with E-state index in [1.54, 1.807) is 0 Å². The van der Waals surface area contributed by atoms with E-state index in [2.05, 4.69) is 168 Å². The Balaban J connectivity index is 1.01. The van der Waals surface area contributed by atoms with Crippen LogP contribution in [0, 0.1) is 0 Å². The molecule has 13 rings (SSSR count). The summed E-state index contributed by atoms with van der Waals surface area (Å²) in [5, 5.41) is 11.7. The summed E-state index contributed by atoms with van der Waals surface area (Å²) in [5.41, 5.74) is 10.2. The lowest BCUT2D eigenvalue weighted by atomic mass is 10.0. The Bertz CT molecular complexity index is 3910. The van der Waals surface area contributed by atoms with Crippen LogP contribution in [0.5, 0.6) is 0 Å². The molecule has 10 aromatic carbocycles. The molecule has 0 N–H and O–H groups in total.